The lowest BCUT2D eigenvalue weighted by atomic mass is 10.1. The number of rotatable bonds is 6. The molecule has 0 fully saturated rings. The maximum absolute atomic E-state index is 13.0. The van der Waals surface area contributed by atoms with Crippen LogP contribution in [-0.4, -0.2) is 30.2 Å². The third-order valence-corrected chi connectivity index (χ3v) is 3.69. The van der Waals surface area contributed by atoms with Crippen LogP contribution in [0.25, 0.3) is 0 Å². The van der Waals surface area contributed by atoms with Gasteiger partial charge >= 0.3 is 12.0 Å². The minimum Gasteiger partial charge on any atom is -0.480 e. The van der Waals surface area contributed by atoms with E-state index in [4.69, 9.17) is 5.11 Å². The van der Waals surface area contributed by atoms with Crippen molar-refractivity contribution in [2.75, 3.05) is 13.1 Å². The highest BCUT2D eigenvalue weighted by Crippen LogP contribution is 2.35. The topological polar surface area (TPSA) is 66.4 Å². The molecule has 2 amide bonds. The van der Waals surface area contributed by atoms with E-state index < -0.39 is 12.5 Å². The minimum atomic E-state index is -1.06. The fourth-order valence-electron chi connectivity index (χ4n) is 2.73. The number of amides is 2. The maximum atomic E-state index is 13.0. The van der Waals surface area contributed by atoms with Crippen LogP contribution in [0.1, 0.15) is 13.3 Å². The predicted octanol–water partition coefficient (Wildman–Crippen LogP) is 3.53. The average Bonchev–Trinajstić information content (AvgIpc) is 2.59. The molecule has 0 aliphatic rings. The molecular weight excluding hydrogens is 292 g/mol. The van der Waals surface area contributed by atoms with Gasteiger partial charge in [0.2, 0.25) is 0 Å². The van der Waals surface area contributed by atoms with Crippen molar-refractivity contribution in [3.63, 3.8) is 0 Å². The second-order valence-corrected chi connectivity index (χ2v) is 5.26. The Morgan fingerprint density at radius 1 is 0.957 bits per heavy atom. The molecule has 0 saturated heterocycles. The monoisotopic (exact) mass is 313 g/mol. The summed E-state index contributed by atoms with van der Waals surface area (Å²) in [6.07, 6.45) is 0.768. The first kappa shape index (κ1) is 16.7. The molecule has 2 aromatic rings. The summed E-state index contributed by atoms with van der Waals surface area (Å²) < 4.78 is -0.0501. The van der Waals surface area contributed by atoms with E-state index in [2.05, 4.69) is 5.32 Å². The van der Waals surface area contributed by atoms with Crippen LogP contribution >= 0.6 is 0 Å². The van der Waals surface area contributed by atoms with E-state index >= 15 is 0 Å². The molecule has 2 N–H and O–H groups in total. The van der Waals surface area contributed by atoms with Crippen LogP contribution < -0.4 is 9.80 Å². The highest BCUT2D eigenvalue weighted by atomic mass is 16.4. The molecule has 0 aliphatic carbocycles. The molecule has 0 unspecified atom stereocenters. The first-order chi connectivity index (χ1) is 11.1. The van der Waals surface area contributed by atoms with Crippen molar-refractivity contribution in [2.24, 2.45) is 0 Å². The average molecular weight is 313 g/mol. The number of aliphatic carboxylic acids is 1. The Balaban J connectivity index is 2.56. The summed E-state index contributed by atoms with van der Waals surface area (Å²) in [4.78, 5) is 23.8. The van der Waals surface area contributed by atoms with Crippen molar-refractivity contribution in [2.45, 2.75) is 13.3 Å². The zero-order valence-electron chi connectivity index (χ0n) is 13.1. The largest absolute Gasteiger partial charge is 0.480 e. The van der Waals surface area contributed by atoms with Crippen molar-refractivity contribution < 1.29 is 14.7 Å². The van der Waals surface area contributed by atoms with Gasteiger partial charge in [0.25, 0.3) is 0 Å². The summed E-state index contributed by atoms with van der Waals surface area (Å²) in [5.41, 5.74) is 1.62. The van der Waals surface area contributed by atoms with Gasteiger partial charge in [-0.3, -0.25) is 10.1 Å². The molecule has 0 spiro atoms. The van der Waals surface area contributed by atoms with Crippen LogP contribution in [-0.2, 0) is 4.79 Å². The number of nitrogens with zero attached hydrogens (tertiary/aromatic N) is 1. The third kappa shape index (κ3) is 3.57. The van der Waals surface area contributed by atoms with E-state index in [0.29, 0.717) is 6.54 Å². The third-order valence-electron chi connectivity index (χ3n) is 3.69. The Bertz CT molecular complexity index is 617. The molecule has 2 rings (SSSR count). The van der Waals surface area contributed by atoms with E-state index in [9.17, 15) is 9.59 Å². The van der Waals surface area contributed by atoms with Gasteiger partial charge in [-0.1, -0.05) is 43.3 Å². The van der Waals surface area contributed by atoms with E-state index in [0.717, 1.165) is 17.8 Å². The molecule has 23 heavy (non-hydrogen) atoms. The number of carboxylic acids is 1. The van der Waals surface area contributed by atoms with Gasteiger partial charge in [-0.25, -0.2) is 4.79 Å². The summed E-state index contributed by atoms with van der Waals surface area (Å²) in [6, 6.07) is 18.5. The van der Waals surface area contributed by atoms with E-state index in [1.807, 2.05) is 67.6 Å². The number of para-hydroxylation sites is 2. The maximum Gasteiger partial charge on any atom is 0.427 e. The Labute approximate surface area is 135 Å². The molecule has 5 nitrogen and oxygen atoms in total. The molecule has 0 radical (unpaired) electrons. The molecule has 0 aromatic heterocycles. The summed E-state index contributed by atoms with van der Waals surface area (Å²) in [5.74, 6) is -1.06. The molecule has 0 heterocycles. The van der Waals surface area contributed by atoms with Crippen LogP contribution in [0.5, 0.6) is 0 Å². The lowest BCUT2D eigenvalue weighted by molar-refractivity contribution is -0.135. The zero-order chi connectivity index (χ0) is 16.7. The first-order valence-corrected chi connectivity index (χ1v) is 7.60. The second-order valence-electron chi connectivity index (χ2n) is 5.26. The number of quaternary nitrogens is 1. The van der Waals surface area contributed by atoms with Crippen molar-refractivity contribution >= 4 is 23.4 Å². The lowest BCUT2D eigenvalue weighted by Crippen LogP contribution is -2.56. The van der Waals surface area contributed by atoms with E-state index in [-0.39, 0.29) is 10.5 Å². The molecule has 0 saturated carbocycles. The molecule has 0 atom stereocenters. The van der Waals surface area contributed by atoms with Crippen molar-refractivity contribution in [3.8, 4) is 0 Å². The number of benzene rings is 2. The predicted molar refractivity (Wildman–Crippen MR) is 90.5 cm³/mol. The standard InChI is InChI=1S/C18H20N2O3/c1-2-13-20(15-9-5-3-6-10-15,16-11-7-4-8-12-16)18(23)19-14-17(21)22/h3-12H,2,13-14H2,1H3,(H-,19,21,22,23)/p+1. The van der Waals surface area contributed by atoms with E-state index in [1.165, 1.54) is 0 Å². The summed E-state index contributed by atoms with van der Waals surface area (Å²) in [7, 11) is 0. The summed E-state index contributed by atoms with van der Waals surface area (Å²) in [6.45, 7) is 2.14. The number of hydrogen-bond acceptors (Lipinski definition) is 2. The normalized spacial score (nSPS) is 11.0. The number of carbonyl (C=O) groups is 2. The molecule has 5 heteroatoms. The van der Waals surface area contributed by atoms with Crippen LogP contribution in [0.2, 0.25) is 0 Å². The molecule has 0 aliphatic heterocycles. The van der Waals surface area contributed by atoms with Gasteiger partial charge in [-0.05, 0) is 6.42 Å². The van der Waals surface area contributed by atoms with Crippen molar-refractivity contribution in [1.29, 1.82) is 0 Å². The Kier molecular flexibility index (Phi) is 5.49. The lowest BCUT2D eigenvalue weighted by Gasteiger charge is -2.34. The Morgan fingerprint density at radius 3 is 1.83 bits per heavy atom. The second kappa shape index (κ2) is 7.56. The highest BCUT2D eigenvalue weighted by molar-refractivity contribution is 5.95. The molecule has 0 bridgehead atoms. The van der Waals surface area contributed by atoms with Crippen molar-refractivity contribution in [1.82, 2.24) is 9.80 Å². The van der Waals surface area contributed by atoms with Gasteiger partial charge in [-0.2, -0.15) is 4.48 Å². The Morgan fingerprint density at radius 2 is 1.43 bits per heavy atom. The number of nitrogens with one attached hydrogen (secondary N) is 1. The van der Waals surface area contributed by atoms with Gasteiger partial charge < -0.3 is 5.11 Å². The highest BCUT2D eigenvalue weighted by Gasteiger charge is 2.41. The Hall–Kier alpha value is -2.66. The van der Waals surface area contributed by atoms with Crippen molar-refractivity contribution in [3.05, 3.63) is 60.7 Å². The van der Waals surface area contributed by atoms with E-state index in [1.54, 1.807) is 0 Å². The number of carboxylic acid groups (broad SMARTS) is 1. The fraction of sp³-hybridized carbons (Fsp3) is 0.222. The van der Waals surface area contributed by atoms with Crippen LogP contribution in [0.3, 0.4) is 0 Å². The quantitative estimate of drug-likeness (QED) is 0.802. The fourth-order valence-corrected chi connectivity index (χ4v) is 2.73. The van der Waals surface area contributed by atoms with Crippen LogP contribution in [0.4, 0.5) is 16.2 Å². The molecule has 120 valence electrons. The SMILES string of the molecule is CCC[N+](C(=O)NCC(=O)O)(c1ccccc1)c1ccccc1. The van der Waals surface area contributed by atoms with Crippen LogP contribution in [0, 0.1) is 0 Å². The van der Waals surface area contributed by atoms with Gasteiger partial charge in [-0.15, -0.1) is 0 Å². The van der Waals surface area contributed by atoms with Crippen LogP contribution in [0.15, 0.2) is 60.7 Å². The number of urea groups is 1. The van der Waals surface area contributed by atoms with Gasteiger partial charge in [0.15, 0.2) is 0 Å². The van der Waals surface area contributed by atoms with Gasteiger partial charge in [0.1, 0.15) is 17.9 Å². The smallest absolute Gasteiger partial charge is 0.427 e. The molecule has 2 aromatic carbocycles. The number of carbonyl (C=O) groups excluding carboxylic acids is 1. The number of hydrogen-bond donors (Lipinski definition) is 2. The first-order valence-electron chi connectivity index (χ1n) is 7.60. The zero-order valence-corrected chi connectivity index (χ0v) is 13.1. The van der Waals surface area contributed by atoms with Gasteiger partial charge in [0, 0.05) is 24.3 Å². The summed E-state index contributed by atoms with van der Waals surface area (Å²) >= 11 is 0. The molecular formula is C18H21N2O3+. The van der Waals surface area contributed by atoms with Gasteiger partial charge in [0.05, 0.1) is 6.54 Å². The summed E-state index contributed by atoms with van der Waals surface area (Å²) in [5, 5.41) is 11.4. The minimum absolute atomic E-state index is 0.0501.